The van der Waals surface area contributed by atoms with Crippen molar-refractivity contribution in [2.75, 3.05) is 6.54 Å². The van der Waals surface area contributed by atoms with Gasteiger partial charge in [-0.2, -0.15) is 0 Å². The number of halogens is 2. The summed E-state index contributed by atoms with van der Waals surface area (Å²) in [6, 6.07) is 5.32. The maximum Gasteiger partial charge on any atom is 0.159 e. The maximum atomic E-state index is 11.0. The molecule has 0 aliphatic heterocycles. The van der Waals surface area contributed by atoms with Gasteiger partial charge in [-0.15, -0.1) is 12.4 Å². The molecule has 0 radical (unpaired) electrons. The van der Waals surface area contributed by atoms with Crippen molar-refractivity contribution < 1.29 is 4.79 Å². The highest BCUT2D eigenvalue weighted by atomic mass is 35.5. The van der Waals surface area contributed by atoms with E-state index < -0.39 is 0 Å². The highest BCUT2D eigenvalue weighted by molar-refractivity contribution is 6.31. The van der Waals surface area contributed by atoms with Gasteiger partial charge in [0, 0.05) is 10.6 Å². The van der Waals surface area contributed by atoms with Crippen molar-refractivity contribution in [1.82, 2.24) is 0 Å². The van der Waals surface area contributed by atoms with Crippen molar-refractivity contribution in [2.24, 2.45) is 5.73 Å². The fourth-order valence-corrected chi connectivity index (χ4v) is 1.40. The van der Waals surface area contributed by atoms with Gasteiger partial charge in [0.1, 0.15) is 0 Å². The first-order chi connectivity index (χ1) is 6.15. The molecule has 0 saturated heterocycles. The van der Waals surface area contributed by atoms with Crippen molar-refractivity contribution in [3.05, 3.63) is 34.3 Å². The Kier molecular flexibility index (Phi) is 5.77. The molecule has 2 nitrogen and oxygen atoms in total. The van der Waals surface area contributed by atoms with Gasteiger partial charge in [-0.1, -0.05) is 23.7 Å². The van der Waals surface area contributed by atoms with Gasteiger partial charge in [-0.25, -0.2) is 0 Å². The van der Waals surface area contributed by atoms with Crippen LogP contribution in [0.25, 0.3) is 0 Å². The van der Waals surface area contributed by atoms with Crippen LogP contribution in [-0.4, -0.2) is 12.3 Å². The first kappa shape index (κ1) is 13.4. The van der Waals surface area contributed by atoms with Crippen LogP contribution < -0.4 is 5.73 Å². The van der Waals surface area contributed by atoms with Crippen LogP contribution in [0.4, 0.5) is 0 Å². The third-order valence-corrected chi connectivity index (χ3v) is 2.23. The molecule has 2 N–H and O–H groups in total. The molecule has 14 heavy (non-hydrogen) atoms. The number of rotatable bonds is 3. The van der Waals surface area contributed by atoms with Gasteiger partial charge in [0.2, 0.25) is 0 Å². The number of carbonyl (C=O) groups is 1. The molecule has 78 valence electrons. The first-order valence-electron chi connectivity index (χ1n) is 4.14. The molecule has 0 saturated carbocycles. The zero-order valence-electron chi connectivity index (χ0n) is 7.92. The minimum Gasteiger partial charge on any atom is -0.330 e. The molecular formula is C10H13Cl2NO. The van der Waals surface area contributed by atoms with E-state index in [1.165, 1.54) is 6.92 Å². The molecule has 0 aliphatic carbocycles. The lowest BCUT2D eigenvalue weighted by Crippen LogP contribution is -2.03. The highest BCUT2D eigenvalue weighted by Crippen LogP contribution is 2.18. The summed E-state index contributed by atoms with van der Waals surface area (Å²) in [6.45, 7) is 2.09. The molecule has 0 bridgehead atoms. The van der Waals surface area contributed by atoms with E-state index in [0.717, 1.165) is 12.0 Å². The van der Waals surface area contributed by atoms with Gasteiger partial charge in [0.05, 0.1) is 0 Å². The zero-order chi connectivity index (χ0) is 9.84. The normalized spacial score (nSPS) is 9.36. The molecule has 0 fully saturated rings. The van der Waals surface area contributed by atoms with Crippen molar-refractivity contribution in [3.63, 3.8) is 0 Å². The summed E-state index contributed by atoms with van der Waals surface area (Å²) in [4.78, 5) is 11.0. The quantitative estimate of drug-likeness (QED) is 0.816. The van der Waals surface area contributed by atoms with E-state index in [0.29, 0.717) is 17.1 Å². The van der Waals surface area contributed by atoms with E-state index in [-0.39, 0.29) is 18.2 Å². The highest BCUT2D eigenvalue weighted by Gasteiger charge is 2.03. The Hall–Kier alpha value is -0.570. The average Bonchev–Trinajstić information content (AvgIpc) is 2.08. The van der Waals surface area contributed by atoms with E-state index in [2.05, 4.69) is 0 Å². The Bertz CT molecular complexity index is 326. The summed E-state index contributed by atoms with van der Waals surface area (Å²) in [5.41, 5.74) is 7.04. The van der Waals surface area contributed by atoms with E-state index in [1.54, 1.807) is 12.1 Å². The van der Waals surface area contributed by atoms with E-state index in [1.807, 2.05) is 6.07 Å². The predicted octanol–water partition coefficient (Wildman–Crippen LogP) is 2.47. The molecule has 0 heterocycles. The van der Waals surface area contributed by atoms with Crippen LogP contribution in [0, 0.1) is 0 Å². The third-order valence-electron chi connectivity index (χ3n) is 1.87. The Balaban J connectivity index is 0.00000169. The van der Waals surface area contributed by atoms with E-state index in [4.69, 9.17) is 17.3 Å². The summed E-state index contributed by atoms with van der Waals surface area (Å²) >= 11 is 5.94. The number of nitrogens with two attached hydrogens (primary N) is 1. The van der Waals surface area contributed by atoms with Gasteiger partial charge >= 0.3 is 0 Å². The SMILES string of the molecule is CC(=O)c1ccc(CCN)c(Cl)c1.Cl. The summed E-state index contributed by atoms with van der Waals surface area (Å²) in [7, 11) is 0. The van der Waals surface area contributed by atoms with Gasteiger partial charge in [-0.3, -0.25) is 4.79 Å². The summed E-state index contributed by atoms with van der Waals surface area (Å²) in [5.74, 6) is 0.0289. The molecule has 0 aromatic heterocycles. The van der Waals surface area contributed by atoms with Crippen LogP contribution in [0.1, 0.15) is 22.8 Å². The monoisotopic (exact) mass is 233 g/mol. The van der Waals surface area contributed by atoms with Crippen molar-refractivity contribution in [2.45, 2.75) is 13.3 Å². The van der Waals surface area contributed by atoms with Crippen LogP contribution in [0.3, 0.4) is 0 Å². The topological polar surface area (TPSA) is 43.1 Å². The van der Waals surface area contributed by atoms with Crippen LogP contribution in [-0.2, 0) is 6.42 Å². The number of carbonyl (C=O) groups excluding carboxylic acids is 1. The fraction of sp³-hybridized carbons (Fsp3) is 0.300. The van der Waals surface area contributed by atoms with E-state index >= 15 is 0 Å². The molecule has 0 unspecified atom stereocenters. The number of hydrogen-bond donors (Lipinski definition) is 1. The fourth-order valence-electron chi connectivity index (χ4n) is 1.12. The maximum absolute atomic E-state index is 11.0. The van der Waals surface area contributed by atoms with Crippen LogP contribution in [0.15, 0.2) is 18.2 Å². The smallest absolute Gasteiger partial charge is 0.159 e. The largest absolute Gasteiger partial charge is 0.330 e. The molecule has 4 heteroatoms. The third kappa shape index (κ3) is 3.29. The number of Topliss-reactive ketones (excluding diaryl/α,β-unsaturated/α-hetero) is 1. The Labute approximate surface area is 94.8 Å². The Morgan fingerprint density at radius 1 is 1.50 bits per heavy atom. The second kappa shape index (κ2) is 6.02. The van der Waals surface area contributed by atoms with E-state index in [9.17, 15) is 4.79 Å². The van der Waals surface area contributed by atoms with Crippen LogP contribution >= 0.6 is 24.0 Å². The second-order valence-corrected chi connectivity index (χ2v) is 3.31. The lowest BCUT2D eigenvalue weighted by Gasteiger charge is -2.03. The minimum atomic E-state index is 0. The minimum absolute atomic E-state index is 0. The standard InChI is InChI=1S/C10H12ClNO.ClH/c1-7(13)9-3-2-8(4-5-12)10(11)6-9;/h2-3,6H,4-5,12H2,1H3;1H. The van der Waals surface area contributed by atoms with Gasteiger partial charge < -0.3 is 5.73 Å². The van der Waals surface area contributed by atoms with Crippen molar-refractivity contribution in [1.29, 1.82) is 0 Å². The molecule has 0 amide bonds. The molecule has 0 aliphatic rings. The lowest BCUT2D eigenvalue weighted by molar-refractivity contribution is 0.101. The number of benzene rings is 1. The molecule has 1 rings (SSSR count). The molecular weight excluding hydrogens is 221 g/mol. The summed E-state index contributed by atoms with van der Waals surface area (Å²) in [5, 5.41) is 0.623. The van der Waals surface area contributed by atoms with Gasteiger partial charge in [0.25, 0.3) is 0 Å². The van der Waals surface area contributed by atoms with Gasteiger partial charge in [-0.05, 0) is 31.5 Å². The summed E-state index contributed by atoms with van der Waals surface area (Å²) in [6.07, 6.45) is 0.747. The Morgan fingerprint density at radius 3 is 2.57 bits per heavy atom. The van der Waals surface area contributed by atoms with Crippen LogP contribution in [0.2, 0.25) is 5.02 Å². The van der Waals surface area contributed by atoms with Crippen LogP contribution in [0.5, 0.6) is 0 Å². The van der Waals surface area contributed by atoms with Crippen molar-refractivity contribution in [3.8, 4) is 0 Å². The summed E-state index contributed by atoms with van der Waals surface area (Å²) < 4.78 is 0. The Morgan fingerprint density at radius 2 is 2.14 bits per heavy atom. The molecule has 0 spiro atoms. The first-order valence-corrected chi connectivity index (χ1v) is 4.52. The predicted molar refractivity (Wildman–Crippen MR) is 61.5 cm³/mol. The van der Waals surface area contributed by atoms with Crippen molar-refractivity contribution >= 4 is 29.8 Å². The number of ketones is 1. The molecule has 1 aromatic carbocycles. The lowest BCUT2D eigenvalue weighted by atomic mass is 10.1. The molecule has 1 aromatic rings. The molecule has 0 atom stereocenters. The second-order valence-electron chi connectivity index (χ2n) is 2.90. The zero-order valence-corrected chi connectivity index (χ0v) is 9.49. The average molecular weight is 234 g/mol. The van der Waals surface area contributed by atoms with Gasteiger partial charge in [0.15, 0.2) is 5.78 Å². The number of hydrogen-bond acceptors (Lipinski definition) is 2.